The molecule has 2 aromatic rings. The van der Waals surface area contributed by atoms with Crippen LogP contribution in [0.25, 0.3) is 0 Å². The van der Waals surface area contributed by atoms with Crippen LogP contribution in [-0.4, -0.2) is 41.8 Å². The highest BCUT2D eigenvalue weighted by Crippen LogP contribution is 2.19. The first-order valence-electron chi connectivity index (χ1n) is 11.0. The quantitative estimate of drug-likeness (QED) is 0.440. The van der Waals surface area contributed by atoms with Gasteiger partial charge in [0.1, 0.15) is 0 Å². The molecule has 0 bridgehead atoms. The molecule has 6 heteroatoms. The molecule has 0 aliphatic carbocycles. The Kier molecular flexibility index (Phi) is 8.43. The van der Waals surface area contributed by atoms with Crippen LogP contribution in [0.5, 0.6) is 0 Å². The van der Waals surface area contributed by atoms with Crippen LogP contribution in [0.15, 0.2) is 48.5 Å². The Labute approximate surface area is 190 Å². The number of carbonyl (C=O) groups excluding carboxylic acids is 1. The van der Waals surface area contributed by atoms with Crippen molar-refractivity contribution in [1.82, 2.24) is 4.90 Å². The molecule has 0 radical (unpaired) electrons. The predicted molar refractivity (Wildman–Crippen MR) is 129 cm³/mol. The number of carbonyl (C=O) groups is 1. The van der Waals surface area contributed by atoms with E-state index in [4.69, 9.17) is 21.7 Å². The van der Waals surface area contributed by atoms with E-state index in [-0.39, 0.29) is 12.1 Å². The van der Waals surface area contributed by atoms with Gasteiger partial charge in [-0.05, 0) is 73.3 Å². The van der Waals surface area contributed by atoms with Crippen LogP contribution in [0, 0.1) is 0 Å². The van der Waals surface area contributed by atoms with Gasteiger partial charge < -0.3 is 19.7 Å². The van der Waals surface area contributed by atoms with E-state index in [1.165, 1.54) is 11.1 Å². The fourth-order valence-electron chi connectivity index (χ4n) is 3.59. The highest BCUT2D eigenvalue weighted by molar-refractivity contribution is 7.80. The van der Waals surface area contributed by atoms with Crippen LogP contribution >= 0.6 is 12.2 Å². The molecule has 1 aliphatic heterocycles. The maximum Gasteiger partial charge on any atom is 0.338 e. The first-order valence-corrected chi connectivity index (χ1v) is 11.4. The van der Waals surface area contributed by atoms with Gasteiger partial charge >= 0.3 is 5.97 Å². The zero-order chi connectivity index (χ0) is 22.2. The maximum absolute atomic E-state index is 11.9. The van der Waals surface area contributed by atoms with E-state index in [1.807, 2.05) is 12.1 Å². The summed E-state index contributed by atoms with van der Waals surface area (Å²) in [6, 6.07) is 15.9. The molecule has 2 aromatic carbocycles. The Morgan fingerprint density at radius 2 is 1.90 bits per heavy atom. The van der Waals surface area contributed by atoms with Gasteiger partial charge in [-0.15, -0.1) is 0 Å². The van der Waals surface area contributed by atoms with Crippen LogP contribution in [0.1, 0.15) is 61.0 Å². The Hall–Kier alpha value is -2.44. The minimum absolute atomic E-state index is 0.195. The molecule has 1 fully saturated rings. The van der Waals surface area contributed by atoms with Gasteiger partial charge in [-0.25, -0.2) is 4.79 Å². The van der Waals surface area contributed by atoms with Crippen LogP contribution in [0.2, 0.25) is 0 Å². The summed E-state index contributed by atoms with van der Waals surface area (Å²) < 4.78 is 10.9. The Bertz CT molecular complexity index is 859. The molecule has 0 aromatic heterocycles. The van der Waals surface area contributed by atoms with Crippen LogP contribution < -0.4 is 5.32 Å². The molecule has 5 nitrogen and oxygen atoms in total. The van der Waals surface area contributed by atoms with Crippen LogP contribution in [-0.2, 0) is 16.0 Å². The molecule has 166 valence electrons. The van der Waals surface area contributed by atoms with Gasteiger partial charge in [0.25, 0.3) is 0 Å². The number of benzene rings is 2. The largest absolute Gasteiger partial charge is 0.462 e. The summed E-state index contributed by atoms with van der Waals surface area (Å²) >= 11 is 5.75. The second-order valence-corrected chi connectivity index (χ2v) is 8.53. The van der Waals surface area contributed by atoms with Crippen molar-refractivity contribution in [3.63, 3.8) is 0 Å². The summed E-state index contributed by atoms with van der Waals surface area (Å²) in [6.07, 6.45) is 2.34. The lowest BCUT2D eigenvalue weighted by molar-refractivity contribution is 0.0526. The third kappa shape index (κ3) is 6.77. The number of nitrogens with zero attached hydrogens (tertiary/aromatic N) is 1. The lowest BCUT2D eigenvalue weighted by Gasteiger charge is -2.28. The molecule has 0 spiro atoms. The minimum atomic E-state index is -0.318. The third-order valence-corrected chi connectivity index (χ3v) is 5.76. The molecule has 1 aliphatic rings. The van der Waals surface area contributed by atoms with Crippen molar-refractivity contribution in [2.24, 2.45) is 0 Å². The normalized spacial score (nSPS) is 15.7. The number of anilines is 1. The van der Waals surface area contributed by atoms with Crippen molar-refractivity contribution in [3.8, 4) is 0 Å². The second kappa shape index (κ2) is 11.3. The molecule has 0 saturated carbocycles. The zero-order valence-corrected chi connectivity index (χ0v) is 19.4. The summed E-state index contributed by atoms with van der Waals surface area (Å²) in [5.74, 6) is 0.193. The molecule has 31 heavy (non-hydrogen) atoms. The van der Waals surface area contributed by atoms with E-state index in [1.54, 1.807) is 19.1 Å². The number of hydrogen-bond acceptors (Lipinski definition) is 4. The van der Waals surface area contributed by atoms with Gasteiger partial charge in [0.15, 0.2) is 5.11 Å². The molecular formula is C25H32N2O3S. The predicted octanol–water partition coefficient (Wildman–Crippen LogP) is 5.36. The molecule has 1 saturated heterocycles. The van der Waals surface area contributed by atoms with Crippen LogP contribution in [0.4, 0.5) is 5.69 Å². The zero-order valence-electron chi connectivity index (χ0n) is 18.6. The molecule has 1 heterocycles. The summed E-state index contributed by atoms with van der Waals surface area (Å²) in [5.41, 5.74) is 3.91. The van der Waals surface area contributed by atoms with Crippen molar-refractivity contribution in [3.05, 3.63) is 65.2 Å². The van der Waals surface area contributed by atoms with Gasteiger partial charge in [0.2, 0.25) is 0 Å². The molecule has 0 amide bonds. The van der Waals surface area contributed by atoms with E-state index in [0.717, 1.165) is 31.7 Å². The van der Waals surface area contributed by atoms with Gasteiger partial charge in [-0.3, -0.25) is 0 Å². The average molecular weight is 441 g/mol. The van der Waals surface area contributed by atoms with Crippen molar-refractivity contribution < 1.29 is 14.3 Å². The topological polar surface area (TPSA) is 50.8 Å². The molecule has 1 N–H and O–H groups in total. The standard InChI is InChI=1S/C25H32N2O3S/c1-4-29-24(28)21-11-13-22(14-12-21)26-25(31)27(17-23-6-5-15-30-23)16-19-7-9-20(10-8-19)18(2)3/h7-14,18,23H,4-6,15-17H2,1-3H3,(H,26,31)/t23-/m0/s1. The summed E-state index contributed by atoms with van der Waals surface area (Å²) in [4.78, 5) is 14.0. The number of thiocarbonyl (C=S) groups is 1. The number of nitrogens with one attached hydrogen (secondary N) is 1. The maximum atomic E-state index is 11.9. The molecule has 0 unspecified atom stereocenters. The fourth-order valence-corrected chi connectivity index (χ4v) is 3.85. The lowest BCUT2D eigenvalue weighted by atomic mass is 10.0. The van der Waals surface area contributed by atoms with Crippen molar-refractivity contribution >= 4 is 29.0 Å². The summed E-state index contributed by atoms with van der Waals surface area (Å²) in [5, 5.41) is 3.96. The van der Waals surface area contributed by atoms with Crippen molar-refractivity contribution in [2.45, 2.75) is 52.2 Å². The fraction of sp³-hybridized carbons (Fsp3) is 0.440. The first-order chi connectivity index (χ1) is 15.0. The second-order valence-electron chi connectivity index (χ2n) is 8.14. The first kappa shape index (κ1) is 23.2. The highest BCUT2D eigenvalue weighted by Gasteiger charge is 2.21. The molecule has 3 rings (SSSR count). The van der Waals surface area contributed by atoms with E-state index in [0.29, 0.717) is 29.7 Å². The van der Waals surface area contributed by atoms with Gasteiger partial charge in [-0.2, -0.15) is 0 Å². The Balaban J connectivity index is 1.68. The number of hydrogen-bond donors (Lipinski definition) is 1. The van der Waals surface area contributed by atoms with E-state index < -0.39 is 0 Å². The van der Waals surface area contributed by atoms with Gasteiger partial charge in [0, 0.05) is 25.4 Å². The number of rotatable bonds is 8. The van der Waals surface area contributed by atoms with Crippen LogP contribution in [0.3, 0.4) is 0 Å². The molecular weight excluding hydrogens is 408 g/mol. The average Bonchev–Trinajstić information content (AvgIpc) is 3.27. The van der Waals surface area contributed by atoms with E-state index in [2.05, 4.69) is 48.3 Å². The van der Waals surface area contributed by atoms with E-state index >= 15 is 0 Å². The summed E-state index contributed by atoms with van der Waals surface area (Å²) in [6.45, 7) is 8.83. The van der Waals surface area contributed by atoms with Crippen molar-refractivity contribution in [1.29, 1.82) is 0 Å². The minimum Gasteiger partial charge on any atom is -0.462 e. The Morgan fingerprint density at radius 1 is 1.19 bits per heavy atom. The number of esters is 1. The third-order valence-electron chi connectivity index (χ3n) is 5.40. The van der Waals surface area contributed by atoms with Crippen molar-refractivity contribution in [2.75, 3.05) is 25.1 Å². The van der Waals surface area contributed by atoms with E-state index in [9.17, 15) is 4.79 Å². The molecule has 1 atom stereocenters. The number of ether oxygens (including phenoxy) is 2. The smallest absolute Gasteiger partial charge is 0.338 e. The SMILES string of the molecule is CCOC(=O)c1ccc(NC(=S)N(Cc2ccc(C(C)C)cc2)C[C@@H]2CCCO2)cc1. The van der Waals surface area contributed by atoms with Gasteiger partial charge in [-0.1, -0.05) is 38.1 Å². The summed E-state index contributed by atoms with van der Waals surface area (Å²) in [7, 11) is 0. The van der Waals surface area contributed by atoms with Gasteiger partial charge in [0.05, 0.1) is 18.3 Å². The Morgan fingerprint density at radius 3 is 2.48 bits per heavy atom. The monoisotopic (exact) mass is 440 g/mol. The highest BCUT2D eigenvalue weighted by atomic mass is 32.1. The lowest BCUT2D eigenvalue weighted by Crippen LogP contribution is -2.39.